The van der Waals surface area contributed by atoms with Gasteiger partial charge in [0.05, 0.1) is 13.2 Å². The van der Waals surface area contributed by atoms with E-state index in [-0.39, 0.29) is 0 Å². The molecule has 2 unspecified atom stereocenters. The van der Waals surface area contributed by atoms with Crippen LogP contribution in [0.25, 0.3) is 0 Å². The summed E-state index contributed by atoms with van der Waals surface area (Å²) in [5.41, 5.74) is 9.33. The molecule has 1 nitrogen and oxygen atoms in total. The second-order valence-electron chi connectivity index (χ2n) is 13.6. The molecule has 4 rings (SSSR count). The van der Waals surface area contributed by atoms with E-state index in [0.717, 1.165) is 26.1 Å². The third-order valence-corrected chi connectivity index (χ3v) is 10.2. The highest BCUT2D eigenvalue weighted by Crippen LogP contribution is 2.35. The summed E-state index contributed by atoms with van der Waals surface area (Å²) in [6.07, 6.45) is 30.8. The van der Waals surface area contributed by atoms with Gasteiger partial charge in [0, 0.05) is 0 Å². The standard InChI is InChI=1S/C42H62O/c1-3-5-7-9-11-13-35-15-23-39(24-16-35)41-27-19-37(20-28-41)31-33-43-34-32-38-21-29-42(30-22-38)40-25-17-36(18-26-40)14-12-10-8-6-4-2/h15-19,21,23-26,41-42H,3-14,20,22,27-34H2,1-2H3. The van der Waals surface area contributed by atoms with Gasteiger partial charge in [-0.1, -0.05) is 137 Å². The van der Waals surface area contributed by atoms with Gasteiger partial charge in [0.15, 0.2) is 0 Å². The highest BCUT2D eigenvalue weighted by molar-refractivity contribution is 5.29. The van der Waals surface area contributed by atoms with Crippen molar-refractivity contribution in [3.8, 4) is 0 Å². The summed E-state index contributed by atoms with van der Waals surface area (Å²) in [6, 6.07) is 19.2. The van der Waals surface area contributed by atoms with Gasteiger partial charge in [-0.3, -0.25) is 0 Å². The lowest BCUT2D eigenvalue weighted by Crippen LogP contribution is -2.08. The maximum atomic E-state index is 6.11. The van der Waals surface area contributed by atoms with E-state index in [1.54, 1.807) is 11.1 Å². The fraction of sp³-hybridized carbons (Fsp3) is 0.619. The van der Waals surface area contributed by atoms with Gasteiger partial charge in [0.2, 0.25) is 0 Å². The van der Waals surface area contributed by atoms with Crippen LogP contribution in [0.4, 0.5) is 0 Å². The predicted octanol–water partition coefficient (Wildman–Crippen LogP) is 12.6. The van der Waals surface area contributed by atoms with Crippen molar-refractivity contribution in [2.45, 2.75) is 154 Å². The first-order valence-corrected chi connectivity index (χ1v) is 18.4. The van der Waals surface area contributed by atoms with Crippen LogP contribution in [0.5, 0.6) is 0 Å². The second kappa shape index (κ2) is 20.0. The van der Waals surface area contributed by atoms with Crippen LogP contribution in [0.1, 0.15) is 164 Å². The van der Waals surface area contributed by atoms with Crippen molar-refractivity contribution < 1.29 is 4.74 Å². The Bertz CT molecular complexity index is 985. The third kappa shape index (κ3) is 12.4. The number of unbranched alkanes of at least 4 members (excludes halogenated alkanes) is 8. The highest BCUT2D eigenvalue weighted by Gasteiger charge is 2.18. The van der Waals surface area contributed by atoms with Gasteiger partial charge in [0.1, 0.15) is 0 Å². The molecule has 0 spiro atoms. The average molecular weight is 583 g/mol. The predicted molar refractivity (Wildman–Crippen MR) is 187 cm³/mol. The Morgan fingerprint density at radius 2 is 0.930 bits per heavy atom. The van der Waals surface area contributed by atoms with E-state index in [2.05, 4.69) is 74.5 Å². The quantitative estimate of drug-likeness (QED) is 0.111. The number of benzene rings is 2. The third-order valence-electron chi connectivity index (χ3n) is 10.2. The maximum absolute atomic E-state index is 6.11. The Morgan fingerprint density at radius 3 is 1.30 bits per heavy atom. The highest BCUT2D eigenvalue weighted by atomic mass is 16.5. The first kappa shape index (κ1) is 33.8. The summed E-state index contributed by atoms with van der Waals surface area (Å²) in [7, 11) is 0. The van der Waals surface area contributed by atoms with Gasteiger partial charge < -0.3 is 4.74 Å². The van der Waals surface area contributed by atoms with Crippen molar-refractivity contribution >= 4 is 0 Å². The molecule has 2 aliphatic carbocycles. The molecule has 0 amide bonds. The van der Waals surface area contributed by atoms with E-state index in [9.17, 15) is 0 Å². The minimum absolute atomic E-state index is 0.698. The first-order chi connectivity index (χ1) is 21.2. The smallest absolute Gasteiger partial charge is 0.0503 e. The van der Waals surface area contributed by atoms with Gasteiger partial charge in [-0.2, -0.15) is 0 Å². The number of hydrogen-bond donors (Lipinski definition) is 0. The Kier molecular flexibility index (Phi) is 15.7. The van der Waals surface area contributed by atoms with Crippen LogP contribution in [0.2, 0.25) is 0 Å². The fourth-order valence-corrected chi connectivity index (χ4v) is 7.12. The van der Waals surface area contributed by atoms with Crippen molar-refractivity contribution in [1.82, 2.24) is 0 Å². The van der Waals surface area contributed by atoms with E-state index < -0.39 is 0 Å². The molecule has 1 heteroatoms. The number of hydrogen-bond acceptors (Lipinski definition) is 1. The Labute approximate surface area is 265 Å². The lowest BCUT2D eigenvalue weighted by atomic mass is 9.83. The van der Waals surface area contributed by atoms with E-state index >= 15 is 0 Å². The van der Waals surface area contributed by atoms with Gasteiger partial charge in [-0.25, -0.2) is 0 Å². The molecule has 0 aliphatic heterocycles. The summed E-state index contributed by atoms with van der Waals surface area (Å²) in [4.78, 5) is 0. The van der Waals surface area contributed by atoms with Crippen LogP contribution >= 0.6 is 0 Å². The summed E-state index contributed by atoms with van der Waals surface area (Å²) in [5, 5.41) is 0. The van der Waals surface area contributed by atoms with Crippen molar-refractivity contribution in [2.75, 3.05) is 13.2 Å². The van der Waals surface area contributed by atoms with Crippen LogP contribution < -0.4 is 0 Å². The average Bonchev–Trinajstić information content (AvgIpc) is 3.06. The van der Waals surface area contributed by atoms with Crippen molar-refractivity contribution in [2.24, 2.45) is 0 Å². The minimum Gasteiger partial charge on any atom is -0.381 e. The molecule has 0 aromatic heterocycles. The lowest BCUT2D eigenvalue weighted by Gasteiger charge is -2.23. The molecule has 2 aromatic carbocycles. The largest absolute Gasteiger partial charge is 0.381 e. The number of ether oxygens (including phenoxy) is 1. The zero-order chi connectivity index (χ0) is 30.0. The zero-order valence-corrected chi connectivity index (χ0v) is 27.9. The molecule has 2 aromatic rings. The van der Waals surface area contributed by atoms with Gasteiger partial charge in [-0.15, -0.1) is 0 Å². The van der Waals surface area contributed by atoms with Crippen LogP contribution in [0.15, 0.2) is 71.8 Å². The molecule has 0 saturated heterocycles. The van der Waals surface area contributed by atoms with Gasteiger partial charge >= 0.3 is 0 Å². The van der Waals surface area contributed by atoms with E-state index in [0.29, 0.717) is 11.8 Å². The summed E-state index contributed by atoms with van der Waals surface area (Å²) in [5.74, 6) is 1.40. The molecule has 0 fully saturated rings. The Morgan fingerprint density at radius 1 is 0.512 bits per heavy atom. The van der Waals surface area contributed by atoms with E-state index in [4.69, 9.17) is 4.74 Å². The Balaban J connectivity index is 1.06. The fourth-order valence-electron chi connectivity index (χ4n) is 7.12. The first-order valence-electron chi connectivity index (χ1n) is 18.4. The monoisotopic (exact) mass is 582 g/mol. The van der Waals surface area contributed by atoms with Crippen LogP contribution in [0.3, 0.4) is 0 Å². The molecule has 0 saturated carbocycles. The molecule has 0 N–H and O–H groups in total. The van der Waals surface area contributed by atoms with Crippen LogP contribution in [-0.4, -0.2) is 13.2 Å². The second-order valence-corrected chi connectivity index (χ2v) is 13.6. The topological polar surface area (TPSA) is 9.23 Å². The van der Waals surface area contributed by atoms with Gasteiger partial charge in [0.25, 0.3) is 0 Å². The number of aryl methyl sites for hydroxylation is 2. The normalized spacial score (nSPS) is 18.8. The number of rotatable bonds is 20. The molecule has 2 aliphatic rings. The van der Waals surface area contributed by atoms with Crippen LogP contribution in [0, 0.1) is 0 Å². The molecular formula is C42H62O. The molecule has 0 radical (unpaired) electrons. The van der Waals surface area contributed by atoms with Gasteiger partial charge in [-0.05, 0) is 111 Å². The van der Waals surface area contributed by atoms with Crippen molar-refractivity contribution in [1.29, 1.82) is 0 Å². The molecule has 43 heavy (non-hydrogen) atoms. The number of allylic oxidation sites excluding steroid dienone is 2. The van der Waals surface area contributed by atoms with E-state index in [1.807, 2.05) is 0 Å². The van der Waals surface area contributed by atoms with Crippen molar-refractivity contribution in [3.63, 3.8) is 0 Å². The summed E-state index contributed by atoms with van der Waals surface area (Å²) in [6.45, 7) is 6.34. The van der Waals surface area contributed by atoms with E-state index in [1.165, 1.54) is 138 Å². The summed E-state index contributed by atoms with van der Waals surface area (Å²) < 4.78 is 6.11. The molecule has 236 valence electrons. The molecule has 0 heterocycles. The molecular weight excluding hydrogens is 520 g/mol. The molecule has 0 bridgehead atoms. The zero-order valence-electron chi connectivity index (χ0n) is 27.9. The minimum atomic E-state index is 0.698. The molecule has 2 atom stereocenters. The van der Waals surface area contributed by atoms with Crippen molar-refractivity contribution in [3.05, 3.63) is 94.1 Å². The Hall–Kier alpha value is -2.12. The maximum Gasteiger partial charge on any atom is 0.0503 e. The SMILES string of the molecule is CCCCCCCc1ccc(C2CC=C(CCOCCC3=CCC(c4ccc(CCCCCCC)cc4)CC3)CC2)cc1. The lowest BCUT2D eigenvalue weighted by molar-refractivity contribution is 0.138. The summed E-state index contributed by atoms with van der Waals surface area (Å²) >= 11 is 0. The van der Waals surface area contributed by atoms with Crippen LogP contribution in [-0.2, 0) is 17.6 Å².